The molecule has 0 saturated carbocycles. The number of hydrogen-bond donors (Lipinski definition) is 1. The van der Waals surface area contributed by atoms with Crippen LogP contribution in [-0.4, -0.2) is 62.8 Å². The summed E-state index contributed by atoms with van der Waals surface area (Å²) in [5.41, 5.74) is 1.75. The number of fused-ring (bicyclic) bond motifs is 3. The van der Waals surface area contributed by atoms with Gasteiger partial charge in [0.25, 0.3) is 0 Å². The first-order valence-corrected chi connectivity index (χ1v) is 11.6. The van der Waals surface area contributed by atoms with Crippen LogP contribution in [0.4, 0.5) is 5.82 Å². The lowest BCUT2D eigenvalue weighted by molar-refractivity contribution is 0.0307. The van der Waals surface area contributed by atoms with E-state index in [4.69, 9.17) is 9.97 Å². The molecule has 6 nitrogen and oxygen atoms in total. The van der Waals surface area contributed by atoms with Gasteiger partial charge in [0.2, 0.25) is 0 Å². The van der Waals surface area contributed by atoms with Gasteiger partial charge in [-0.2, -0.15) is 0 Å². The van der Waals surface area contributed by atoms with Gasteiger partial charge >= 0.3 is 0 Å². The maximum absolute atomic E-state index is 10.2. The lowest BCUT2D eigenvalue weighted by atomic mass is 10.1. The van der Waals surface area contributed by atoms with Gasteiger partial charge in [0, 0.05) is 55.1 Å². The van der Waals surface area contributed by atoms with Crippen molar-refractivity contribution in [1.82, 2.24) is 19.9 Å². The van der Waals surface area contributed by atoms with Gasteiger partial charge in [-0.1, -0.05) is 0 Å². The van der Waals surface area contributed by atoms with Crippen molar-refractivity contribution >= 4 is 27.4 Å². The zero-order chi connectivity index (χ0) is 20.9. The quantitative estimate of drug-likeness (QED) is 0.693. The predicted octanol–water partition coefficient (Wildman–Crippen LogP) is 3.52. The van der Waals surface area contributed by atoms with Gasteiger partial charge in [-0.3, -0.25) is 9.88 Å². The maximum Gasteiger partial charge on any atom is 0.164 e. The van der Waals surface area contributed by atoms with Crippen LogP contribution in [0.5, 0.6) is 0 Å². The van der Waals surface area contributed by atoms with E-state index in [0.29, 0.717) is 12.6 Å². The molecule has 1 aliphatic carbocycles. The third kappa shape index (κ3) is 3.70. The fourth-order valence-electron chi connectivity index (χ4n) is 4.85. The molecular formula is C23H29N5OS. The third-order valence-electron chi connectivity index (χ3n) is 6.06. The first-order valence-electron chi connectivity index (χ1n) is 10.8. The average Bonchev–Trinajstić information content (AvgIpc) is 3.28. The summed E-state index contributed by atoms with van der Waals surface area (Å²) in [5, 5.41) is 11.5. The van der Waals surface area contributed by atoms with E-state index in [1.807, 2.05) is 43.5 Å². The molecule has 3 aromatic rings. The Morgan fingerprint density at radius 2 is 2.10 bits per heavy atom. The number of piperazine rings is 1. The molecule has 3 aromatic heterocycles. The van der Waals surface area contributed by atoms with E-state index in [2.05, 4.69) is 21.7 Å². The van der Waals surface area contributed by atoms with Crippen LogP contribution in [0.2, 0.25) is 0 Å². The van der Waals surface area contributed by atoms with Gasteiger partial charge in [0.05, 0.1) is 11.0 Å². The van der Waals surface area contributed by atoms with Crippen LogP contribution in [-0.2, 0) is 12.8 Å². The third-order valence-corrected chi connectivity index (χ3v) is 7.25. The fourth-order valence-corrected chi connectivity index (χ4v) is 6.10. The molecule has 2 aliphatic rings. The molecule has 0 spiro atoms. The van der Waals surface area contributed by atoms with Gasteiger partial charge in [-0.15, -0.1) is 11.3 Å². The molecule has 0 bridgehead atoms. The fraction of sp³-hybridized carbons (Fsp3) is 0.522. The van der Waals surface area contributed by atoms with Gasteiger partial charge in [0.1, 0.15) is 10.6 Å². The van der Waals surface area contributed by atoms with E-state index in [0.717, 1.165) is 54.5 Å². The molecule has 1 N–H and O–H groups in total. The molecule has 0 aromatic carbocycles. The molecule has 1 saturated heterocycles. The number of nitrogens with zero attached hydrogens (tertiary/aromatic N) is 5. The van der Waals surface area contributed by atoms with E-state index in [1.54, 1.807) is 6.20 Å². The van der Waals surface area contributed by atoms with Crippen LogP contribution in [0.3, 0.4) is 0 Å². The standard InChI is InChI=1S/C23H29N5OS/c1-15-13-27(14-23(2,3)29)10-11-28(15)21-19-17-7-4-8-18(17)30-22(19)26-20(25-21)16-6-5-9-24-12-16/h5-6,9,12,15,29H,4,7-8,10-11,13-14H2,1-3H3. The number of aliphatic hydroxyl groups is 1. The van der Waals surface area contributed by atoms with Crippen molar-refractivity contribution in [2.24, 2.45) is 0 Å². The Morgan fingerprint density at radius 1 is 1.23 bits per heavy atom. The number of β-amino-alcohol motifs (C(OH)–C–C–N with tert-alkyl or cyclic N) is 1. The molecule has 1 atom stereocenters. The first kappa shape index (κ1) is 19.8. The van der Waals surface area contributed by atoms with Crippen molar-refractivity contribution in [3.8, 4) is 11.4 Å². The van der Waals surface area contributed by atoms with Crippen LogP contribution in [0, 0.1) is 0 Å². The van der Waals surface area contributed by atoms with Gasteiger partial charge in [0.15, 0.2) is 5.82 Å². The Hall–Kier alpha value is -2.09. The van der Waals surface area contributed by atoms with Crippen LogP contribution >= 0.6 is 11.3 Å². The zero-order valence-electron chi connectivity index (χ0n) is 17.9. The summed E-state index contributed by atoms with van der Waals surface area (Å²) in [5.74, 6) is 1.84. The SMILES string of the molecule is CC1CN(CC(C)(C)O)CCN1c1nc(-c2cccnc2)nc2sc3c(c12)CCC3. The highest BCUT2D eigenvalue weighted by Crippen LogP contribution is 2.42. The smallest absolute Gasteiger partial charge is 0.164 e. The first-order chi connectivity index (χ1) is 14.4. The highest BCUT2D eigenvalue weighted by molar-refractivity contribution is 7.19. The van der Waals surface area contributed by atoms with Gasteiger partial charge in [-0.25, -0.2) is 9.97 Å². The summed E-state index contributed by atoms with van der Waals surface area (Å²) in [7, 11) is 0. The monoisotopic (exact) mass is 423 g/mol. The molecule has 1 fully saturated rings. The molecular weight excluding hydrogens is 394 g/mol. The number of aryl methyl sites for hydroxylation is 2. The number of thiophene rings is 1. The molecule has 158 valence electrons. The molecule has 0 radical (unpaired) electrons. The van der Waals surface area contributed by atoms with Crippen molar-refractivity contribution in [3.05, 3.63) is 35.0 Å². The van der Waals surface area contributed by atoms with Crippen molar-refractivity contribution in [1.29, 1.82) is 0 Å². The Kier molecular flexibility index (Phi) is 5.00. The number of hydrogen-bond acceptors (Lipinski definition) is 7. The van der Waals surface area contributed by atoms with Gasteiger partial charge in [-0.05, 0) is 57.7 Å². The van der Waals surface area contributed by atoms with Crippen LogP contribution in [0.1, 0.15) is 37.6 Å². The number of pyridine rings is 1. The van der Waals surface area contributed by atoms with E-state index >= 15 is 0 Å². The number of anilines is 1. The van der Waals surface area contributed by atoms with Crippen LogP contribution in [0.25, 0.3) is 21.6 Å². The zero-order valence-corrected chi connectivity index (χ0v) is 18.7. The normalized spacial score (nSPS) is 20.1. The summed E-state index contributed by atoms with van der Waals surface area (Å²) in [6, 6.07) is 4.29. The van der Waals surface area contributed by atoms with Gasteiger partial charge < -0.3 is 10.0 Å². The van der Waals surface area contributed by atoms with Crippen molar-refractivity contribution in [2.75, 3.05) is 31.1 Å². The largest absolute Gasteiger partial charge is 0.389 e. The second kappa shape index (κ2) is 7.55. The van der Waals surface area contributed by atoms with Crippen molar-refractivity contribution in [2.45, 2.75) is 51.7 Å². The summed E-state index contributed by atoms with van der Waals surface area (Å²) >= 11 is 1.84. The van der Waals surface area contributed by atoms with E-state index < -0.39 is 5.60 Å². The van der Waals surface area contributed by atoms with Crippen molar-refractivity contribution < 1.29 is 5.11 Å². The second-order valence-electron chi connectivity index (χ2n) is 9.24. The summed E-state index contributed by atoms with van der Waals surface area (Å²) in [4.78, 5) is 21.7. The molecule has 0 amide bonds. The van der Waals surface area contributed by atoms with E-state index in [1.165, 1.54) is 22.2 Å². The van der Waals surface area contributed by atoms with Crippen molar-refractivity contribution in [3.63, 3.8) is 0 Å². The topological polar surface area (TPSA) is 65.4 Å². The summed E-state index contributed by atoms with van der Waals surface area (Å²) in [6.07, 6.45) is 7.15. The Balaban J connectivity index is 1.56. The highest BCUT2D eigenvalue weighted by Gasteiger charge is 2.31. The highest BCUT2D eigenvalue weighted by atomic mass is 32.1. The van der Waals surface area contributed by atoms with Crippen LogP contribution in [0.15, 0.2) is 24.5 Å². The minimum atomic E-state index is -0.675. The molecule has 7 heteroatoms. The lowest BCUT2D eigenvalue weighted by Crippen LogP contribution is -2.55. The lowest BCUT2D eigenvalue weighted by Gasteiger charge is -2.42. The minimum absolute atomic E-state index is 0.318. The Bertz CT molecular complexity index is 1060. The summed E-state index contributed by atoms with van der Waals surface area (Å²) in [6.45, 7) is 9.47. The predicted molar refractivity (Wildman–Crippen MR) is 122 cm³/mol. The van der Waals surface area contributed by atoms with Crippen LogP contribution < -0.4 is 4.90 Å². The second-order valence-corrected chi connectivity index (χ2v) is 10.3. The Labute approximate surface area is 181 Å². The number of rotatable bonds is 4. The molecule has 1 aliphatic heterocycles. The number of aromatic nitrogens is 3. The van der Waals surface area contributed by atoms with E-state index in [9.17, 15) is 5.11 Å². The maximum atomic E-state index is 10.2. The summed E-state index contributed by atoms with van der Waals surface area (Å²) < 4.78 is 0. The average molecular weight is 424 g/mol. The minimum Gasteiger partial charge on any atom is -0.389 e. The molecule has 1 unspecified atom stereocenters. The Morgan fingerprint density at radius 3 is 2.83 bits per heavy atom. The molecule has 4 heterocycles. The molecule has 5 rings (SSSR count). The molecule has 30 heavy (non-hydrogen) atoms. The van der Waals surface area contributed by atoms with E-state index in [-0.39, 0.29) is 0 Å².